The number of carbonyl (C=O) groups is 1. The van der Waals surface area contributed by atoms with Crippen LogP contribution in [0.25, 0.3) is 5.65 Å². The first-order chi connectivity index (χ1) is 15.5. The molecule has 2 saturated heterocycles. The summed E-state index contributed by atoms with van der Waals surface area (Å²) in [5.41, 5.74) is 3.70. The Morgan fingerprint density at radius 1 is 1.28 bits per heavy atom. The minimum absolute atomic E-state index is 0.149. The first-order valence-corrected chi connectivity index (χ1v) is 11.0. The second-order valence-electron chi connectivity index (χ2n) is 8.71. The van der Waals surface area contributed by atoms with Gasteiger partial charge in [-0.05, 0) is 31.5 Å². The lowest BCUT2D eigenvalue weighted by Gasteiger charge is -2.39. The van der Waals surface area contributed by atoms with Crippen LogP contribution < -0.4 is 5.32 Å². The van der Waals surface area contributed by atoms with Gasteiger partial charge in [0, 0.05) is 44.6 Å². The van der Waals surface area contributed by atoms with E-state index in [9.17, 15) is 4.79 Å². The van der Waals surface area contributed by atoms with Crippen LogP contribution in [-0.4, -0.2) is 68.2 Å². The van der Waals surface area contributed by atoms with Crippen LogP contribution in [-0.2, 0) is 27.4 Å². The Balaban J connectivity index is 1.20. The summed E-state index contributed by atoms with van der Waals surface area (Å²) in [6.45, 7) is 7.63. The van der Waals surface area contributed by atoms with Gasteiger partial charge in [0.2, 0.25) is 5.91 Å². The molecule has 1 spiro atoms. The van der Waals surface area contributed by atoms with E-state index in [4.69, 9.17) is 9.47 Å². The average molecular weight is 437 g/mol. The number of aryl methyl sites for hydroxylation is 2. The van der Waals surface area contributed by atoms with E-state index in [1.165, 1.54) is 5.69 Å². The van der Waals surface area contributed by atoms with Crippen LogP contribution in [0.1, 0.15) is 29.2 Å². The van der Waals surface area contributed by atoms with Crippen LogP contribution in [0.2, 0.25) is 0 Å². The third-order valence-electron chi connectivity index (χ3n) is 6.18. The number of fused-ring (bicyclic) bond motifs is 1. The molecule has 2 aliphatic heterocycles. The zero-order valence-electron chi connectivity index (χ0n) is 18.5. The number of imidazole rings is 1. The number of ether oxygens (including phenoxy) is 2. The Kier molecular flexibility index (Phi) is 5.62. The van der Waals surface area contributed by atoms with Crippen molar-refractivity contribution in [2.24, 2.45) is 0 Å². The van der Waals surface area contributed by atoms with E-state index in [1.54, 1.807) is 12.4 Å². The van der Waals surface area contributed by atoms with Crippen molar-refractivity contribution in [1.82, 2.24) is 29.6 Å². The number of morpholine rings is 1. The van der Waals surface area contributed by atoms with Gasteiger partial charge < -0.3 is 19.2 Å². The van der Waals surface area contributed by atoms with E-state index < -0.39 is 11.7 Å². The Morgan fingerprint density at radius 2 is 2.12 bits per heavy atom. The second-order valence-corrected chi connectivity index (χ2v) is 8.71. The number of aromatic nitrogens is 4. The number of pyridine rings is 1. The predicted molar refractivity (Wildman–Crippen MR) is 117 cm³/mol. The molecular formula is C23H28N6O3. The highest BCUT2D eigenvalue weighted by molar-refractivity contribution is 5.81. The second kappa shape index (κ2) is 8.57. The summed E-state index contributed by atoms with van der Waals surface area (Å²) in [5, 5.41) is 2.89. The van der Waals surface area contributed by atoms with Crippen molar-refractivity contribution < 1.29 is 14.3 Å². The van der Waals surface area contributed by atoms with Gasteiger partial charge in [-0.15, -0.1) is 0 Å². The molecule has 0 saturated carbocycles. The maximum Gasteiger partial charge on any atom is 0.249 e. The molecule has 5 heterocycles. The number of hydrogen-bond acceptors (Lipinski definition) is 7. The van der Waals surface area contributed by atoms with Gasteiger partial charge >= 0.3 is 0 Å². The molecule has 0 aromatic carbocycles. The smallest absolute Gasteiger partial charge is 0.249 e. The fourth-order valence-corrected chi connectivity index (χ4v) is 4.50. The van der Waals surface area contributed by atoms with Gasteiger partial charge in [0.05, 0.1) is 31.1 Å². The summed E-state index contributed by atoms with van der Waals surface area (Å²) in [6.07, 6.45) is 5.54. The zero-order chi connectivity index (χ0) is 22.1. The van der Waals surface area contributed by atoms with Crippen LogP contribution in [0, 0.1) is 13.8 Å². The predicted octanol–water partition coefficient (Wildman–Crippen LogP) is 1.42. The van der Waals surface area contributed by atoms with E-state index in [2.05, 4.69) is 42.7 Å². The number of amides is 1. The summed E-state index contributed by atoms with van der Waals surface area (Å²) in [4.78, 5) is 28.2. The number of nitrogens with zero attached hydrogens (tertiary/aromatic N) is 5. The van der Waals surface area contributed by atoms with Crippen molar-refractivity contribution in [1.29, 1.82) is 0 Å². The van der Waals surface area contributed by atoms with E-state index in [0.29, 0.717) is 25.5 Å². The molecule has 168 valence electrons. The zero-order valence-corrected chi connectivity index (χ0v) is 18.5. The highest BCUT2D eigenvalue weighted by atomic mass is 16.6. The minimum atomic E-state index is -0.530. The SMILES string of the molecule is Cc1cnc(CNC(=O)[C@H]2C[C@@]3(CO2)CN(Cc2c(C)nc4ccccn24)CCO3)nc1. The molecule has 1 N–H and O–H groups in total. The molecule has 0 unspecified atom stereocenters. The lowest BCUT2D eigenvalue weighted by atomic mass is 9.97. The van der Waals surface area contributed by atoms with Crippen LogP contribution in [0.5, 0.6) is 0 Å². The Bertz CT molecular complexity index is 1110. The molecule has 0 aliphatic carbocycles. The molecule has 2 fully saturated rings. The highest BCUT2D eigenvalue weighted by Gasteiger charge is 2.47. The summed E-state index contributed by atoms with van der Waals surface area (Å²) < 4.78 is 14.2. The minimum Gasteiger partial charge on any atom is -0.370 e. The Morgan fingerprint density at radius 3 is 2.97 bits per heavy atom. The molecule has 2 atom stereocenters. The Hall–Kier alpha value is -2.88. The quantitative estimate of drug-likeness (QED) is 0.646. The molecule has 5 rings (SSSR count). The van der Waals surface area contributed by atoms with Gasteiger partial charge in [0.1, 0.15) is 23.2 Å². The van der Waals surface area contributed by atoms with E-state index in [1.807, 2.05) is 25.1 Å². The number of nitrogens with one attached hydrogen (secondary N) is 1. The third-order valence-corrected chi connectivity index (χ3v) is 6.18. The number of carbonyl (C=O) groups excluding carboxylic acids is 1. The van der Waals surface area contributed by atoms with Gasteiger partial charge in [0.15, 0.2) is 0 Å². The van der Waals surface area contributed by atoms with Gasteiger partial charge in [-0.1, -0.05) is 6.07 Å². The monoisotopic (exact) mass is 436 g/mol. The fourth-order valence-electron chi connectivity index (χ4n) is 4.50. The van der Waals surface area contributed by atoms with Crippen molar-refractivity contribution in [3.8, 4) is 0 Å². The third kappa shape index (κ3) is 4.23. The number of rotatable bonds is 5. The summed E-state index contributed by atoms with van der Waals surface area (Å²) in [7, 11) is 0. The van der Waals surface area contributed by atoms with E-state index >= 15 is 0 Å². The first-order valence-electron chi connectivity index (χ1n) is 11.0. The van der Waals surface area contributed by atoms with Crippen molar-refractivity contribution in [3.05, 3.63) is 59.6 Å². The lowest BCUT2D eigenvalue weighted by molar-refractivity contribution is -0.130. The topological polar surface area (TPSA) is 93.9 Å². The number of hydrogen-bond donors (Lipinski definition) is 1. The molecule has 2 aliphatic rings. The summed E-state index contributed by atoms with van der Waals surface area (Å²) in [6, 6.07) is 6.04. The molecule has 1 amide bonds. The fraction of sp³-hybridized carbons (Fsp3) is 0.478. The van der Waals surface area contributed by atoms with Crippen LogP contribution in [0.3, 0.4) is 0 Å². The van der Waals surface area contributed by atoms with Gasteiger partial charge in [-0.3, -0.25) is 9.69 Å². The molecule has 32 heavy (non-hydrogen) atoms. The van der Waals surface area contributed by atoms with Crippen molar-refractivity contribution in [3.63, 3.8) is 0 Å². The first kappa shape index (κ1) is 21.0. The molecular weight excluding hydrogens is 408 g/mol. The van der Waals surface area contributed by atoms with Crippen LogP contribution in [0.4, 0.5) is 0 Å². The van der Waals surface area contributed by atoms with Crippen molar-refractivity contribution >= 4 is 11.6 Å². The molecule has 3 aromatic rings. The molecule has 0 bridgehead atoms. The van der Waals surface area contributed by atoms with Crippen LogP contribution in [0.15, 0.2) is 36.8 Å². The van der Waals surface area contributed by atoms with E-state index in [0.717, 1.165) is 36.5 Å². The van der Waals surface area contributed by atoms with Crippen molar-refractivity contribution in [2.45, 2.75) is 45.1 Å². The Labute approximate surface area is 186 Å². The van der Waals surface area contributed by atoms with Gasteiger partial charge in [-0.2, -0.15) is 0 Å². The van der Waals surface area contributed by atoms with Gasteiger partial charge in [0.25, 0.3) is 0 Å². The highest BCUT2D eigenvalue weighted by Crippen LogP contribution is 2.32. The summed E-state index contributed by atoms with van der Waals surface area (Å²) >= 11 is 0. The maximum atomic E-state index is 12.7. The molecule has 3 aromatic heterocycles. The molecule has 9 nitrogen and oxygen atoms in total. The summed E-state index contributed by atoms with van der Waals surface area (Å²) in [5.74, 6) is 0.435. The van der Waals surface area contributed by atoms with Crippen LogP contribution >= 0.6 is 0 Å². The lowest BCUT2D eigenvalue weighted by Crippen LogP contribution is -2.52. The molecule has 0 radical (unpaired) electrons. The average Bonchev–Trinajstić information content (AvgIpc) is 3.34. The maximum absolute atomic E-state index is 12.7. The largest absolute Gasteiger partial charge is 0.370 e. The normalized spacial score (nSPS) is 23.8. The van der Waals surface area contributed by atoms with Crippen molar-refractivity contribution in [2.75, 3.05) is 26.3 Å². The standard InChI is InChI=1S/C23H28N6O3/c1-16-10-24-20(25-11-16)12-26-22(30)19-9-23(15-31-19)14-28(7-8-32-23)13-18-17(2)27-21-5-3-4-6-29(18)21/h3-6,10-11,19H,7-9,12-15H2,1-2H3,(H,26,30)/t19-,23+/m1/s1. The molecule has 9 heteroatoms. The van der Waals surface area contributed by atoms with E-state index in [-0.39, 0.29) is 12.5 Å². The van der Waals surface area contributed by atoms with Gasteiger partial charge in [-0.25, -0.2) is 15.0 Å².